The fourth-order valence-electron chi connectivity index (χ4n) is 4.83. The van der Waals surface area contributed by atoms with Gasteiger partial charge in [0.05, 0.1) is 12.6 Å². The van der Waals surface area contributed by atoms with E-state index in [0.29, 0.717) is 41.8 Å². The van der Waals surface area contributed by atoms with Gasteiger partial charge in [0.15, 0.2) is 0 Å². The molecule has 0 radical (unpaired) electrons. The fraction of sp³-hybridized carbons (Fsp3) is 0.346. The number of aryl methyl sites for hydroxylation is 2. The minimum atomic E-state index is -4.47. The maximum absolute atomic E-state index is 13.1. The third-order valence-corrected chi connectivity index (χ3v) is 6.86. The zero-order chi connectivity index (χ0) is 26.5. The third kappa shape index (κ3) is 4.73. The molecular weight excluding hydrogens is 487 g/mol. The summed E-state index contributed by atoms with van der Waals surface area (Å²) in [7, 11) is 3.48. The maximum Gasteiger partial charge on any atom is 0.405 e. The van der Waals surface area contributed by atoms with Gasteiger partial charge in [-0.2, -0.15) is 18.3 Å². The summed E-state index contributed by atoms with van der Waals surface area (Å²) in [6.07, 6.45) is -2.68. The number of fused-ring (bicyclic) bond motifs is 2. The van der Waals surface area contributed by atoms with Crippen molar-refractivity contribution in [1.29, 1.82) is 0 Å². The lowest BCUT2D eigenvalue weighted by Crippen LogP contribution is -2.51. The number of halogens is 3. The summed E-state index contributed by atoms with van der Waals surface area (Å²) in [5.41, 5.74) is 2.97. The summed E-state index contributed by atoms with van der Waals surface area (Å²) in [5.74, 6) is 0.134. The van der Waals surface area contributed by atoms with E-state index in [0.717, 1.165) is 16.7 Å². The van der Waals surface area contributed by atoms with Crippen LogP contribution in [0.3, 0.4) is 0 Å². The Morgan fingerprint density at radius 1 is 1.16 bits per heavy atom. The van der Waals surface area contributed by atoms with Crippen LogP contribution in [0.4, 0.5) is 13.2 Å². The first kappa shape index (κ1) is 24.7. The molecule has 2 aromatic heterocycles. The van der Waals surface area contributed by atoms with Gasteiger partial charge in [0.2, 0.25) is 0 Å². The number of carbonyl (C=O) groups excluding carboxylic acids is 2. The number of methoxy groups -OCH3 is 1. The zero-order valence-corrected chi connectivity index (χ0v) is 20.6. The lowest BCUT2D eigenvalue weighted by atomic mass is 9.99. The van der Waals surface area contributed by atoms with E-state index < -0.39 is 18.6 Å². The normalized spacial score (nSPS) is 14.3. The highest BCUT2D eigenvalue weighted by Gasteiger charge is 2.33. The molecule has 0 aliphatic carbocycles. The highest BCUT2D eigenvalue weighted by molar-refractivity contribution is 6.01. The molecule has 5 rings (SSSR count). The predicted octanol–water partition coefficient (Wildman–Crippen LogP) is 3.91. The van der Waals surface area contributed by atoms with E-state index in [4.69, 9.17) is 4.74 Å². The number of benzene rings is 2. The summed E-state index contributed by atoms with van der Waals surface area (Å²) in [6, 6.07) is 10.7. The minimum Gasteiger partial charge on any atom is -0.497 e. The Hall–Kier alpha value is -4.02. The van der Waals surface area contributed by atoms with Crippen molar-refractivity contribution < 1.29 is 27.5 Å². The van der Waals surface area contributed by atoms with Gasteiger partial charge >= 0.3 is 6.18 Å². The molecule has 0 spiro atoms. The highest BCUT2D eigenvalue weighted by atomic mass is 19.4. The van der Waals surface area contributed by atoms with Crippen molar-refractivity contribution in [2.45, 2.75) is 19.6 Å². The van der Waals surface area contributed by atoms with Gasteiger partial charge in [-0.25, -0.2) is 0 Å². The van der Waals surface area contributed by atoms with Crippen LogP contribution < -0.4 is 10.1 Å². The summed E-state index contributed by atoms with van der Waals surface area (Å²) in [4.78, 5) is 27.2. The molecule has 0 unspecified atom stereocenters. The fourth-order valence-corrected chi connectivity index (χ4v) is 4.83. The van der Waals surface area contributed by atoms with Gasteiger partial charge in [-0.1, -0.05) is 0 Å². The Morgan fingerprint density at radius 2 is 1.92 bits per heavy atom. The molecule has 0 atom stereocenters. The molecule has 2 aromatic carbocycles. The van der Waals surface area contributed by atoms with Crippen LogP contribution in [0.2, 0.25) is 0 Å². The molecule has 0 saturated carbocycles. The van der Waals surface area contributed by atoms with Crippen LogP contribution in [0.15, 0.2) is 42.6 Å². The number of hydrogen-bond acceptors (Lipinski definition) is 4. The van der Waals surface area contributed by atoms with E-state index >= 15 is 0 Å². The molecule has 1 aliphatic heterocycles. The second-order valence-corrected chi connectivity index (χ2v) is 9.41. The molecule has 1 N–H and O–H groups in total. The topological polar surface area (TPSA) is 81.4 Å². The molecule has 1 aliphatic rings. The molecular formula is C26H26F3N5O3. The summed E-state index contributed by atoms with van der Waals surface area (Å²) < 4.78 is 46.3. The van der Waals surface area contributed by atoms with E-state index in [-0.39, 0.29) is 17.4 Å². The summed E-state index contributed by atoms with van der Waals surface area (Å²) >= 11 is 0. The van der Waals surface area contributed by atoms with Crippen LogP contribution in [-0.2, 0) is 13.6 Å². The van der Waals surface area contributed by atoms with Gasteiger partial charge in [-0.05, 0) is 48.9 Å². The van der Waals surface area contributed by atoms with Crippen LogP contribution >= 0.6 is 0 Å². The average Bonchev–Trinajstić information content (AvgIpc) is 3.39. The first-order valence-electron chi connectivity index (χ1n) is 11.8. The number of alkyl halides is 3. The smallest absolute Gasteiger partial charge is 0.405 e. The standard InChI is InChI=1S/C26H26F3N5O3/c1-15-19(24(35)30-14-26(27,28)29)5-6-21-20(15)13-34(31-21)12-16-10-33(11-16)25(36)23-9-17-8-18(37-3)4-7-22(17)32(23)2/h4-9,13,16H,10-12,14H2,1-3H3,(H,30,35). The van der Waals surface area contributed by atoms with Gasteiger partial charge in [0, 0.05) is 60.6 Å². The van der Waals surface area contributed by atoms with Gasteiger partial charge < -0.3 is 19.5 Å². The molecule has 1 fully saturated rings. The van der Waals surface area contributed by atoms with E-state index in [1.54, 1.807) is 35.9 Å². The van der Waals surface area contributed by atoms with Crippen molar-refractivity contribution in [2.75, 3.05) is 26.7 Å². The lowest BCUT2D eigenvalue weighted by Gasteiger charge is -2.39. The van der Waals surface area contributed by atoms with Crippen LogP contribution in [0.25, 0.3) is 21.8 Å². The number of likely N-dealkylation sites (tertiary alicyclic amines) is 1. The van der Waals surface area contributed by atoms with Crippen LogP contribution in [0.5, 0.6) is 5.75 Å². The monoisotopic (exact) mass is 513 g/mol. The number of amides is 2. The Bertz CT molecular complexity index is 1520. The molecule has 4 aromatic rings. The Balaban J connectivity index is 1.24. The van der Waals surface area contributed by atoms with Crippen molar-refractivity contribution in [3.63, 3.8) is 0 Å². The lowest BCUT2D eigenvalue weighted by molar-refractivity contribution is -0.123. The molecule has 3 heterocycles. The molecule has 8 nitrogen and oxygen atoms in total. The van der Waals surface area contributed by atoms with Crippen molar-refractivity contribution in [2.24, 2.45) is 13.0 Å². The third-order valence-electron chi connectivity index (χ3n) is 6.86. The SMILES string of the molecule is COc1ccc2c(c1)cc(C(=O)N1CC(Cn3cc4c(C)c(C(=O)NCC(F)(F)F)ccc4n3)C1)n2C. The number of nitrogens with zero attached hydrogens (tertiary/aromatic N) is 4. The van der Waals surface area contributed by atoms with E-state index in [1.165, 1.54) is 6.07 Å². The van der Waals surface area contributed by atoms with Gasteiger partial charge in [-0.15, -0.1) is 0 Å². The highest BCUT2D eigenvalue weighted by Crippen LogP contribution is 2.28. The molecule has 37 heavy (non-hydrogen) atoms. The van der Waals surface area contributed by atoms with Crippen molar-refractivity contribution in [3.05, 3.63) is 59.4 Å². The average molecular weight is 514 g/mol. The van der Waals surface area contributed by atoms with Gasteiger partial charge in [0.25, 0.3) is 11.8 Å². The molecule has 194 valence electrons. The van der Waals surface area contributed by atoms with Crippen molar-refractivity contribution in [3.8, 4) is 5.75 Å². The number of aromatic nitrogens is 3. The first-order valence-corrected chi connectivity index (χ1v) is 11.8. The Morgan fingerprint density at radius 3 is 2.62 bits per heavy atom. The Labute approximate surface area is 210 Å². The van der Waals surface area contributed by atoms with E-state index in [2.05, 4.69) is 5.10 Å². The number of nitrogens with one attached hydrogen (secondary N) is 1. The molecule has 2 amide bonds. The molecule has 0 bridgehead atoms. The van der Waals surface area contributed by atoms with Crippen LogP contribution in [-0.4, -0.2) is 64.0 Å². The number of carbonyl (C=O) groups is 2. The number of hydrogen-bond donors (Lipinski definition) is 1. The Kier molecular flexibility index (Phi) is 6.09. The van der Waals surface area contributed by atoms with E-state index in [9.17, 15) is 22.8 Å². The predicted molar refractivity (Wildman–Crippen MR) is 132 cm³/mol. The van der Waals surface area contributed by atoms with Gasteiger partial charge in [0.1, 0.15) is 18.0 Å². The second-order valence-electron chi connectivity index (χ2n) is 9.41. The van der Waals surface area contributed by atoms with E-state index in [1.807, 2.05) is 41.2 Å². The zero-order valence-electron chi connectivity index (χ0n) is 20.6. The van der Waals surface area contributed by atoms with Crippen molar-refractivity contribution in [1.82, 2.24) is 24.6 Å². The van der Waals surface area contributed by atoms with Crippen molar-refractivity contribution >= 4 is 33.6 Å². The van der Waals surface area contributed by atoms with Gasteiger partial charge in [-0.3, -0.25) is 14.3 Å². The first-order chi connectivity index (χ1) is 17.5. The summed E-state index contributed by atoms with van der Waals surface area (Å²) in [5, 5.41) is 8.11. The number of ether oxygens (including phenoxy) is 1. The maximum atomic E-state index is 13.1. The van der Waals surface area contributed by atoms with Crippen LogP contribution in [0, 0.1) is 12.8 Å². The van der Waals surface area contributed by atoms with Crippen LogP contribution in [0.1, 0.15) is 26.4 Å². The second kappa shape index (κ2) is 9.13. The molecule has 11 heteroatoms. The molecule has 1 saturated heterocycles. The number of rotatable bonds is 6. The largest absolute Gasteiger partial charge is 0.497 e. The quantitative estimate of drug-likeness (QED) is 0.424. The minimum absolute atomic E-state index is 0.0371. The summed E-state index contributed by atoms with van der Waals surface area (Å²) in [6.45, 7) is 2.07.